The molecule has 90 valence electrons. The molecular formula is C11H15N5O. The van der Waals surface area contributed by atoms with Crippen molar-refractivity contribution in [3.05, 3.63) is 34.5 Å². The average Bonchev–Trinajstić information content (AvgIpc) is 2.85. The van der Waals surface area contributed by atoms with Crippen molar-refractivity contribution in [2.24, 2.45) is 0 Å². The summed E-state index contributed by atoms with van der Waals surface area (Å²) in [7, 11) is 0. The molecule has 6 heteroatoms. The van der Waals surface area contributed by atoms with Gasteiger partial charge in [0.1, 0.15) is 0 Å². The zero-order valence-electron chi connectivity index (χ0n) is 9.66. The second-order valence-electron chi connectivity index (χ2n) is 3.70. The summed E-state index contributed by atoms with van der Waals surface area (Å²) >= 11 is 0. The molecule has 0 amide bonds. The normalized spacial score (nSPS) is 10.6. The Morgan fingerprint density at radius 2 is 2.24 bits per heavy atom. The number of hydrogen-bond donors (Lipinski definition) is 3. The molecule has 0 aliphatic carbocycles. The van der Waals surface area contributed by atoms with Gasteiger partial charge in [-0.2, -0.15) is 0 Å². The van der Waals surface area contributed by atoms with Crippen LogP contribution in [0.2, 0.25) is 0 Å². The SMILES string of the molecule is CCCNCc1cnc(-c2ncc[nH]2)[nH]c1=O. The van der Waals surface area contributed by atoms with Crippen molar-refractivity contribution >= 4 is 0 Å². The molecule has 2 aromatic heterocycles. The fourth-order valence-electron chi connectivity index (χ4n) is 1.46. The molecule has 0 atom stereocenters. The molecule has 2 heterocycles. The molecule has 0 bridgehead atoms. The van der Waals surface area contributed by atoms with Gasteiger partial charge in [0.15, 0.2) is 11.6 Å². The summed E-state index contributed by atoms with van der Waals surface area (Å²) < 4.78 is 0. The van der Waals surface area contributed by atoms with Gasteiger partial charge in [0.2, 0.25) is 0 Å². The number of imidazole rings is 1. The molecule has 0 fully saturated rings. The summed E-state index contributed by atoms with van der Waals surface area (Å²) in [6, 6.07) is 0. The van der Waals surface area contributed by atoms with Crippen molar-refractivity contribution in [3.8, 4) is 11.6 Å². The molecule has 0 aliphatic heterocycles. The van der Waals surface area contributed by atoms with E-state index in [-0.39, 0.29) is 5.56 Å². The Bertz CT molecular complexity index is 517. The van der Waals surface area contributed by atoms with Gasteiger partial charge in [-0.25, -0.2) is 9.97 Å². The van der Waals surface area contributed by atoms with Gasteiger partial charge < -0.3 is 15.3 Å². The van der Waals surface area contributed by atoms with E-state index in [1.54, 1.807) is 18.6 Å². The molecule has 0 saturated heterocycles. The largest absolute Gasteiger partial charge is 0.342 e. The van der Waals surface area contributed by atoms with E-state index in [1.807, 2.05) is 0 Å². The summed E-state index contributed by atoms with van der Waals surface area (Å²) in [5.41, 5.74) is 0.503. The lowest BCUT2D eigenvalue weighted by Crippen LogP contribution is -2.22. The van der Waals surface area contributed by atoms with Gasteiger partial charge in [-0.3, -0.25) is 4.79 Å². The lowest BCUT2D eigenvalue weighted by molar-refractivity contribution is 0.668. The zero-order chi connectivity index (χ0) is 12.1. The summed E-state index contributed by atoms with van der Waals surface area (Å²) in [5, 5.41) is 3.16. The second-order valence-corrected chi connectivity index (χ2v) is 3.70. The predicted molar refractivity (Wildman–Crippen MR) is 64.4 cm³/mol. The second kappa shape index (κ2) is 5.40. The third-order valence-corrected chi connectivity index (χ3v) is 2.34. The van der Waals surface area contributed by atoms with Crippen LogP contribution in [0.15, 0.2) is 23.4 Å². The predicted octanol–water partition coefficient (Wildman–Crippen LogP) is 0.660. The monoisotopic (exact) mass is 233 g/mol. The average molecular weight is 233 g/mol. The van der Waals surface area contributed by atoms with Crippen LogP contribution in [0.3, 0.4) is 0 Å². The van der Waals surface area contributed by atoms with Gasteiger partial charge in [0.05, 0.1) is 0 Å². The van der Waals surface area contributed by atoms with Crippen molar-refractivity contribution in [2.75, 3.05) is 6.54 Å². The molecule has 0 aromatic carbocycles. The van der Waals surface area contributed by atoms with Crippen LogP contribution in [0.25, 0.3) is 11.6 Å². The maximum Gasteiger partial charge on any atom is 0.255 e. The Hall–Kier alpha value is -1.95. The van der Waals surface area contributed by atoms with Gasteiger partial charge in [-0.1, -0.05) is 6.92 Å². The molecule has 0 unspecified atom stereocenters. The quantitative estimate of drug-likeness (QED) is 0.662. The first-order valence-corrected chi connectivity index (χ1v) is 5.60. The molecule has 2 rings (SSSR count). The van der Waals surface area contributed by atoms with E-state index in [1.165, 1.54) is 0 Å². The minimum absolute atomic E-state index is 0.130. The number of hydrogen-bond acceptors (Lipinski definition) is 4. The van der Waals surface area contributed by atoms with Crippen LogP contribution in [-0.2, 0) is 6.54 Å². The Kier molecular flexibility index (Phi) is 3.66. The zero-order valence-corrected chi connectivity index (χ0v) is 9.66. The number of rotatable bonds is 5. The van der Waals surface area contributed by atoms with E-state index in [2.05, 4.69) is 32.2 Å². The first-order chi connectivity index (χ1) is 8.31. The fraction of sp³-hybridized carbons (Fsp3) is 0.364. The van der Waals surface area contributed by atoms with Crippen LogP contribution in [0.5, 0.6) is 0 Å². The lowest BCUT2D eigenvalue weighted by atomic mass is 10.3. The number of aromatic amines is 2. The van der Waals surface area contributed by atoms with Crippen molar-refractivity contribution in [1.29, 1.82) is 0 Å². The third kappa shape index (κ3) is 2.79. The Labute approximate surface area is 98.5 Å². The lowest BCUT2D eigenvalue weighted by Gasteiger charge is -2.02. The van der Waals surface area contributed by atoms with Crippen molar-refractivity contribution in [3.63, 3.8) is 0 Å². The number of nitrogens with zero attached hydrogens (tertiary/aromatic N) is 2. The van der Waals surface area contributed by atoms with Gasteiger partial charge in [-0.05, 0) is 13.0 Å². The molecule has 0 radical (unpaired) electrons. The van der Waals surface area contributed by atoms with E-state index < -0.39 is 0 Å². The summed E-state index contributed by atoms with van der Waals surface area (Å²) in [6.45, 7) is 3.50. The van der Waals surface area contributed by atoms with Gasteiger partial charge in [0, 0.05) is 30.7 Å². The first-order valence-electron chi connectivity index (χ1n) is 5.60. The maximum atomic E-state index is 11.8. The van der Waals surface area contributed by atoms with E-state index >= 15 is 0 Å². The maximum absolute atomic E-state index is 11.8. The molecule has 17 heavy (non-hydrogen) atoms. The van der Waals surface area contributed by atoms with Crippen LogP contribution in [-0.4, -0.2) is 26.5 Å². The molecule has 3 N–H and O–H groups in total. The van der Waals surface area contributed by atoms with Crippen molar-refractivity contribution < 1.29 is 0 Å². The van der Waals surface area contributed by atoms with Crippen LogP contribution in [0.4, 0.5) is 0 Å². The highest BCUT2D eigenvalue weighted by Gasteiger charge is 2.05. The molecule has 6 nitrogen and oxygen atoms in total. The summed E-state index contributed by atoms with van der Waals surface area (Å²) in [5.74, 6) is 1.02. The van der Waals surface area contributed by atoms with Gasteiger partial charge >= 0.3 is 0 Å². The Balaban J connectivity index is 2.15. The van der Waals surface area contributed by atoms with E-state index in [0.29, 0.717) is 23.8 Å². The van der Waals surface area contributed by atoms with E-state index in [0.717, 1.165) is 13.0 Å². The highest BCUT2D eigenvalue weighted by Crippen LogP contribution is 2.04. The third-order valence-electron chi connectivity index (χ3n) is 2.34. The Morgan fingerprint density at radius 3 is 2.88 bits per heavy atom. The van der Waals surface area contributed by atoms with E-state index in [4.69, 9.17) is 0 Å². The van der Waals surface area contributed by atoms with Crippen molar-refractivity contribution in [1.82, 2.24) is 25.3 Å². The first kappa shape index (κ1) is 11.5. The number of H-pyrrole nitrogens is 2. The number of aromatic nitrogens is 4. The molecular weight excluding hydrogens is 218 g/mol. The topological polar surface area (TPSA) is 86.5 Å². The molecule has 2 aromatic rings. The van der Waals surface area contributed by atoms with Crippen LogP contribution >= 0.6 is 0 Å². The van der Waals surface area contributed by atoms with Crippen LogP contribution in [0.1, 0.15) is 18.9 Å². The smallest absolute Gasteiger partial charge is 0.255 e. The molecule has 0 saturated carbocycles. The van der Waals surface area contributed by atoms with Crippen LogP contribution in [0, 0.1) is 0 Å². The van der Waals surface area contributed by atoms with Gasteiger partial charge in [-0.15, -0.1) is 0 Å². The number of nitrogens with one attached hydrogen (secondary N) is 3. The van der Waals surface area contributed by atoms with Crippen molar-refractivity contribution in [2.45, 2.75) is 19.9 Å². The molecule has 0 spiro atoms. The summed E-state index contributed by atoms with van der Waals surface area (Å²) in [6.07, 6.45) is 5.92. The Morgan fingerprint density at radius 1 is 1.35 bits per heavy atom. The van der Waals surface area contributed by atoms with E-state index in [9.17, 15) is 4.79 Å². The van der Waals surface area contributed by atoms with Gasteiger partial charge in [0.25, 0.3) is 5.56 Å². The highest BCUT2D eigenvalue weighted by atomic mass is 16.1. The molecule has 0 aliphatic rings. The fourth-order valence-corrected chi connectivity index (χ4v) is 1.46. The summed E-state index contributed by atoms with van der Waals surface area (Å²) in [4.78, 5) is 25.6. The minimum Gasteiger partial charge on any atom is -0.342 e. The highest BCUT2D eigenvalue weighted by molar-refractivity contribution is 5.41. The standard InChI is InChI=1S/C11H15N5O/c1-2-3-12-6-8-7-15-10(16-11(8)17)9-13-4-5-14-9/h4-5,7,12H,2-3,6H2,1H3,(H,13,14)(H,15,16,17). The minimum atomic E-state index is -0.130. The van der Waals surface area contributed by atoms with Crippen LogP contribution < -0.4 is 10.9 Å².